The summed E-state index contributed by atoms with van der Waals surface area (Å²) in [5.74, 6) is 0.0512. The number of aromatic nitrogens is 1. The van der Waals surface area contributed by atoms with E-state index >= 15 is 0 Å². The number of carbonyl (C=O) groups excluding carboxylic acids is 1. The minimum absolute atomic E-state index is 0.0512. The van der Waals surface area contributed by atoms with Crippen LogP contribution in [0.3, 0.4) is 0 Å². The minimum Gasteiger partial charge on any atom is -0.336 e. The van der Waals surface area contributed by atoms with Gasteiger partial charge in [0.2, 0.25) is 0 Å². The number of nitrogens with zero attached hydrogens (tertiary/aromatic N) is 3. The second-order valence-electron chi connectivity index (χ2n) is 6.07. The summed E-state index contributed by atoms with van der Waals surface area (Å²) < 4.78 is 0. The van der Waals surface area contributed by atoms with Crippen LogP contribution in [0.15, 0.2) is 48.5 Å². The van der Waals surface area contributed by atoms with Gasteiger partial charge in [-0.1, -0.05) is 36.4 Å². The van der Waals surface area contributed by atoms with Crippen LogP contribution < -0.4 is 0 Å². The molecule has 1 aromatic heterocycles. The number of carbonyl (C=O) groups is 1. The molecule has 1 amide bonds. The van der Waals surface area contributed by atoms with Gasteiger partial charge in [-0.25, -0.2) is 4.98 Å². The summed E-state index contributed by atoms with van der Waals surface area (Å²) in [6.07, 6.45) is 1.00. The highest BCUT2D eigenvalue weighted by Crippen LogP contribution is 2.11. The second kappa shape index (κ2) is 7.38. The predicted molar refractivity (Wildman–Crippen MR) is 91.2 cm³/mol. The van der Waals surface area contributed by atoms with Crippen LogP contribution >= 0.6 is 0 Å². The van der Waals surface area contributed by atoms with Gasteiger partial charge in [-0.15, -0.1) is 0 Å². The molecule has 0 atom stereocenters. The molecule has 120 valence electrons. The van der Waals surface area contributed by atoms with Gasteiger partial charge in [0.1, 0.15) is 5.69 Å². The number of aryl methyl sites for hydroxylation is 1. The van der Waals surface area contributed by atoms with Crippen molar-refractivity contribution in [2.24, 2.45) is 0 Å². The molecule has 1 aliphatic rings. The van der Waals surface area contributed by atoms with E-state index in [9.17, 15) is 4.79 Å². The normalized spacial score (nSPS) is 16.1. The molecule has 1 fully saturated rings. The van der Waals surface area contributed by atoms with Gasteiger partial charge in [0.25, 0.3) is 5.91 Å². The van der Waals surface area contributed by atoms with E-state index in [-0.39, 0.29) is 5.91 Å². The Kier molecular flexibility index (Phi) is 5.03. The van der Waals surface area contributed by atoms with Crippen LogP contribution in [0.4, 0.5) is 0 Å². The van der Waals surface area contributed by atoms with Crippen LogP contribution in [0.25, 0.3) is 0 Å². The van der Waals surface area contributed by atoms with Gasteiger partial charge in [-0.3, -0.25) is 9.69 Å². The summed E-state index contributed by atoms with van der Waals surface area (Å²) in [4.78, 5) is 21.3. The lowest BCUT2D eigenvalue weighted by molar-refractivity contribution is 0.0755. The zero-order valence-corrected chi connectivity index (χ0v) is 13.6. The molecule has 1 aliphatic heterocycles. The molecule has 0 unspecified atom stereocenters. The second-order valence-corrected chi connectivity index (χ2v) is 6.07. The zero-order chi connectivity index (χ0) is 16.1. The van der Waals surface area contributed by atoms with E-state index in [1.54, 1.807) is 0 Å². The molecular formula is C19H23N3O. The van der Waals surface area contributed by atoms with Gasteiger partial charge in [0.05, 0.1) is 0 Å². The minimum atomic E-state index is 0.0512. The Bertz CT molecular complexity index is 657. The third-order valence-electron chi connectivity index (χ3n) is 4.23. The number of rotatable bonds is 3. The van der Waals surface area contributed by atoms with Crippen molar-refractivity contribution in [2.45, 2.75) is 19.9 Å². The van der Waals surface area contributed by atoms with Gasteiger partial charge in [-0.05, 0) is 31.0 Å². The molecule has 0 saturated carbocycles. The van der Waals surface area contributed by atoms with Crippen molar-refractivity contribution in [3.63, 3.8) is 0 Å². The SMILES string of the molecule is Cc1cccc(C(=O)N2CCCN(Cc3ccccc3)CC2)n1. The van der Waals surface area contributed by atoms with E-state index in [1.165, 1.54) is 5.56 Å². The maximum atomic E-state index is 12.6. The first-order valence-corrected chi connectivity index (χ1v) is 8.21. The number of amides is 1. The average Bonchev–Trinajstić information content (AvgIpc) is 2.81. The highest BCUT2D eigenvalue weighted by Gasteiger charge is 2.21. The topological polar surface area (TPSA) is 36.4 Å². The third-order valence-corrected chi connectivity index (χ3v) is 4.23. The summed E-state index contributed by atoms with van der Waals surface area (Å²) in [6.45, 7) is 6.37. The van der Waals surface area contributed by atoms with Gasteiger partial charge in [0, 0.05) is 38.4 Å². The molecule has 1 aromatic carbocycles. The van der Waals surface area contributed by atoms with Crippen LogP contribution in [0, 0.1) is 6.92 Å². The maximum Gasteiger partial charge on any atom is 0.272 e. The molecule has 0 spiro atoms. The Morgan fingerprint density at radius 1 is 1.00 bits per heavy atom. The van der Waals surface area contributed by atoms with Gasteiger partial charge < -0.3 is 4.90 Å². The lowest BCUT2D eigenvalue weighted by Crippen LogP contribution is -2.35. The molecule has 0 bridgehead atoms. The summed E-state index contributed by atoms with van der Waals surface area (Å²) in [5, 5.41) is 0. The van der Waals surface area contributed by atoms with E-state index in [1.807, 2.05) is 36.1 Å². The van der Waals surface area contributed by atoms with Crippen LogP contribution in [-0.2, 0) is 6.54 Å². The molecule has 0 aliphatic carbocycles. The van der Waals surface area contributed by atoms with Gasteiger partial charge in [0.15, 0.2) is 0 Å². The van der Waals surface area contributed by atoms with E-state index in [0.717, 1.165) is 44.8 Å². The summed E-state index contributed by atoms with van der Waals surface area (Å²) in [7, 11) is 0. The molecule has 3 rings (SSSR count). The maximum absolute atomic E-state index is 12.6. The van der Waals surface area contributed by atoms with Gasteiger partial charge in [-0.2, -0.15) is 0 Å². The Labute approximate surface area is 137 Å². The van der Waals surface area contributed by atoms with Crippen molar-refractivity contribution in [1.29, 1.82) is 0 Å². The highest BCUT2D eigenvalue weighted by atomic mass is 16.2. The zero-order valence-electron chi connectivity index (χ0n) is 13.6. The molecule has 4 nitrogen and oxygen atoms in total. The first kappa shape index (κ1) is 15.7. The van der Waals surface area contributed by atoms with Crippen LogP contribution in [0.2, 0.25) is 0 Å². The Hall–Kier alpha value is -2.20. The van der Waals surface area contributed by atoms with E-state index < -0.39 is 0 Å². The van der Waals surface area contributed by atoms with E-state index in [0.29, 0.717) is 5.69 Å². The number of hydrogen-bond donors (Lipinski definition) is 0. The standard InChI is InChI=1S/C19H23N3O/c1-16-7-5-10-18(20-16)19(23)22-12-6-11-21(13-14-22)15-17-8-3-2-4-9-17/h2-5,7-10H,6,11-15H2,1H3. The van der Waals surface area contributed by atoms with Crippen LogP contribution in [0.1, 0.15) is 28.2 Å². The van der Waals surface area contributed by atoms with Crippen molar-refractivity contribution >= 4 is 5.91 Å². The first-order chi connectivity index (χ1) is 11.2. The average molecular weight is 309 g/mol. The van der Waals surface area contributed by atoms with Crippen LogP contribution in [0.5, 0.6) is 0 Å². The summed E-state index contributed by atoms with van der Waals surface area (Å²) >= 11 is 0. The van der Waals surface area contributed by atoms with Crippen molar-refractivity contribution in [1.82, 2.24) is 14.8 Å². The molecule has 1 saturated heterocycles. The summed E-state index contributed by atoms with van der Waals surface area (Å²) in [6, 6.07) is 16.1. The molecule has 23 heavy (non-hydrogen) atoms. The quantitative estimate of drug-likeness (QED) is 0.875. The summed E-state index contributed by atoms with van der Waals surface area (Å²) in [5.41, 5.74) is 2.77. The molecule has 2 aromatic rings. The number of hydrogen-bond acceptors (Lipinski definition) is 3. The molecule has 2 heterocycles. The monoisotopic (exact) mass is 309 g/mol. The highest BCUT2D eigenvalue weighted by molar-refractivity contribution is 5.92. The molecule has 0 N–H and O–H groups in total. The fourth-order valence-corrected chi connectivity index (χ4v) is 3.00. The molecule has 4 heteroatoms. The lowest BCUT2D eigenvalue weighted by atomic mass is 10.2. The van der Waals surface area contributed by atoms with Crippen LogP contribution in [-0.4, -0.2) is 46.9 Å². The largest absolute Gasteiger partial charge is 0.336 e. The molecule has 0 radical (unpaired) electrons. The third kappa shape index (κ3) is 4.17. The smallest absolute Gasteiger partial charge is 0.272 e. The van der Waals surface area contributed by atoms with Crippen molar-refractivity contribution in [2.75, 3.05) is 26.2 Å². The molecular weight excluding hydrogens is 286 g/mol. The fraction of sp³-hybridized carbons (Fsp3) is 0.368. The predicted octanol–water partition coefficient (Wildman–Crippen LogP) is 2.74. The van der Waals surface area contributed by atoms with Crippen molar-refractivity contribution in [3.05, 3.63) is 65.5 Å². The lowest BCUT2D eigenvalue weighted by Gasteiger charge is -2.22. The van der Waals surface area contributed by atoms with Gasteiger partial charge >= 0.3 is 0 Å². The fourth-order valence-electron chi connectivity index (χ4n) is 3.00. The Morgan fingerprint density at radius 2 is 1.83 bits per heavy atom. The number of pyridine rings is 1. The Morgan fingerprint density at radius 3 is 2.61 bits per heavy atom. The van der Waals surface area contributed by atoms with Crippen molar-refractivity contribution < 1.29 is 4.79 Å². The Balaban J connectivity index is 1.61. The van der Waals surface area contributed by atoms with E-state index in [2.05, 4.69) is 34.1 Å². The number of benzene rings is 1. The first-order valence-electron chi connectivity index (χ1n) is 8.21. The van der Waals surface area contributed by atoms with Crippen molar-refractivity contribution in [3.8, 4) is 0 Å². The van der Waals surface area contributed by atoms with E-state index in [4.69, 9.17) is 0 Å².